The summed E-state index contributed by atoms with van der Waals surface area (Å²) in [5, 5.41) is 8.91. The molecule has 31 heavy (non-hydrogen) atoms. The van der Waals surface area contributed by atoms with E-state index in [9.17, 15) is 32.9 Å². The fraction of sp³-hybridized carbons (Fsp3) is 0.412. The lowest BCUT2D eigenvalue weighted by Crippen LogP contribution is -2.41. The number of esters is 1. The van der Waals surface area contributed by atoms with E-state index in [-0.39, 0.29) is 30.9 Å². The van der Waals surface area contributed by atoms with Gasteiger partial charge in [-0.1, -0.05) is 15.9 Å². The summed E-state index contributed by atoms with van der Waals surface area (Å²) in [5.41, 5.74) is -0.167. The van der Waals surface area contributed by atoms with Gasteiger partial charge in [-0.15, -0.1) is 10.1 Å². The number of benzene rings is 1. The maximum Gasteiger partial charge on any atom is 0.511 e. The van der Waals surface area contributed by atoms with Crippen molar-refractivity contribution in [1.82, 2.24) is 0 Å². The van der Waals surface area contributed by atoms with Gasteiger partial charge in [0.05, 0.1) is 18.8 Å². The first-order chi connectivity index (χ1) is 14.5. The van der Waals surface area contributed by atoms with Gasteiger partial charge < -0.3 is 23.8 Å². The summed E-state index contributed by atoms with van der Waals surface area (Å²) in [4.78, 5) is 37.4. The van der Waals surface area contributed by atoms with E-state index >= 15 is 0 Å². The Balaban J connectivity index is 1.96. The number of ether oxygens (including phenoxy) is 4. The molecule has 0 unspecified atom stereocenters. The van der Waals surface area contributed by atoms with E-state index in [2.05, 4.69) is 35.0 Å². The van der Waals surface area contributed by atoms with Gasteiger partial charge in [0.2, 0.25) is 12.9 Å². The molecule has 0 amide bonds. The summed E-state index contributed by atoms with van der Waals surface area (Å²) in [6.45, 7) is -0.0768. The van der Waals surface area contributed by atoms with E-state index in [0.29, 0.717) is 10.0 Å². The molecule has 0 saturated heterocycles. The predicted octanol–water partition coefficient (Wildman–Crippen LogP) is 3.72. The predicted molar refractivity (Wildman–Crippen MR) is 98.3 cm³/mol. The normalized spacial score (nSPS) is 15.1. The molecule has 10 nitrogen and oxygen atoms in total. The molecule has 1 aromatic carbocycles. The lowest BCUT2D eigenvalue weighted by atomic mass is 9.99. The van der Waals surface area contributed by atoms with Crippen LogP contribution in [-0.4, -0.2) is 49.5 Å². The number of carbonyl (C=O) groups is 2. The van der Waals surface area contributed by atoms with Crippen LogP contribution in [0.15, 0.2) is 22.2 Å². The smallest absolute Gasteiger partial charge is 0.475 e. The lowest BCUT2D eigenvalue weighted by molar-refractivity contribution is -0.757. The van der Waals surface area contributed by atoms with Gasteiger partial charge in [-0.25, -0.2) is 9.59 Å². The molecule has 2 rings (SSSR count). The number of carbonyl (C=O) groups excluding carboxylic acids is 2. The summed E-state index contributed by atoms with van der Waals surface area (Å²) in [6.07, 6.45) is -7.79. The Morgan fingerprint density at radius 2 is 1.94 bits per heavy atom. The van der Waals surface area contributed by atoms with Crippen molar-refractivity contribution in [2.24, 2.45) is 0 Å². The Morgan fingerprint density at radius 3 is 2.58 bits per heavy atom. The van der Waals surface area contributed by atoms with Crippen LogP contribution < -0.4 is 4.74 Å². The molecule has 14 heteroatoms. The Hall–Kier alpha value is -3.03. The minimum absolute atomic E-state index is 0.0122. The minimum Gasteiger partial charge on any atom is -0.475 e. The van der Waals surface area contributed by atoms with Crippen molar-refractivity contribution in [3.8, 4) is 5.75 Å². The number of hydrogen-bond donors (Lipinski definition) is 0. The van der Waals surface area contributed by atoms with E-state index in [4.69, 9.17) is 4.74 Å². The summed E-state index contributed by atoms with van der Waals surface area (Å²) >= 11 is 3.21. The lowest BCUT2D eigenvalue weighted by Gasteiger charge is -2.28. The van der Waals surface area contributed by atoms with Crippen molar-refractivity contribution in [2.75, 3.05) is 20.0 Å². The molecule has 0 spiro atoms. The summed E-state index contributed by atoms with van der Waals surface area (Å²) < 4.78 is 59.4. The zero-order valence-corrected chi connectivity index (χ0v) is 17.4. The zero-order chi connectivity index (χ0) is 23.2. The molecule has 1 heterocycles. The number of fused-ring (bicyclic) bond motifs is 1. The molecule has 0 fully saturated rings. The van der Waals surface area contributed by atoms with Gasteiger partial charge in [0.15, 0.2) is 0 Å². The van der Waals surface area contributed by atoms with Crippen LogP contribution in [0.1, 0.15) is 17.5 Å². The standard InChI is InChI=1S/C17H15BrF3NO9/c1-9-5-11(18)6-10-7-12(14(17(19,20)21)31-13(9)10)15(23)28-8-29-16(24)27-3-2-4-30-22(25)26/h5-7,14H,2-4,8H2,1H3/t14-/m0/s1. The van der Waals surface area contributed by atoms with Crippen molar-refractivity contribution in [1.29, 1.82) is 0 Å². The maximum absolute atomic E-state index is 13.4. The number of halogens is 4. The molecular weight excluding hydrogens is 499 g/mol. The molecule has 0 aromatic heterocycles. The van der Waals surface area contributed by atoms with Gasteiger partial charge >= 0.3 is 18.3 Å². The number of nitrogens with zero attached hydrogens (tertiary/aromatic N) is 1. The van der Waals surface area contributed by atoms with E-state index in [0.717, 1.165) is 6.08 Å². The molecule has 0 aliphatic carbocycles. The summed E-state index contributed by atoms with van der Waals surface area (Å²) in [7, 11) is 0. The van der Waals surface area contributed by atoms with Gasteiger partial charge in [0, 0.05) is 16.5 Å². The second-order valence-corrected chi connectivity index (χ2v) is 6.90. The first-order valence-electron chi connectivity index (χ1n) is 8.48. The van der Waals surface area contributed by atoms with Crippen LogP contribution in [0.4, 0.5) is 18.0 Å². The molecule has 0 radical (unpaired) electrons. The number of rotatable bonds is 8. The molecule has 1 aliphatic rings. The van der Waals surface area contributed by atoms with Crippen molar-refractivity contribution < 1.29 is 51.6 Å². The molecule has 1 aliphatic heterocycles. The first-order valence-corrected chi connectivity index (χ1v) is 9.27. The summed E-state index contributed by atoms with van der Waals surface area (Å²) in [6, 6.07) is 3.03. The largest absolute Gasteiger partial charge is 0.511 e. The van der Waals surface area contributed by atoms with Crippen LogP contribution in [0.5, 0.6) is 5.75 Å². The van der Waals surface area contributed by atoms with Crippen LogP contribution in [0.2, 0.25) is 0 Å². The second-order valence-electron chi connectivity index (χ2n) is 5.98. The highest BCUT2D eigenvalue weighted by atomic mass is 79.9. The van der Waals surface area contributed by atoms with E-state index < -0.39 is 41.9 Å². The fourth-order valence-electron chi connectivity index (χ4n) is 2.47. The summed E-state index contributed by atoms with van der Waals surface area (Å²) in [5.74, 6) is -1.43. The van der Waals surface area contributed by atoms with Crippen molar-refractivity contribution in [2.45, 2.75) is 25.6 Å². The van der Waals surface area contributed by atoms with Crippen LogP contribution in [-0.2, 0) is 23.8 Å². The zero-order valence-electron chi connectivity index (χ0n) is 15.8. The SMILES string of the molecule is Cc1cc(Br)cc2c1O[C@H](C(F)(F)F)C(C(=O)OCOC(=O)OCCCO[N+](=O)[O-])=C2. The van der Waals surface area contributed by atoms with Gasteiger partial charge in [-0.05, 0) is 30.7 Å². The highest BCUT2D eigenvalue weighted by molar-refractivity contribution is 9.10. The number of alkyl halides is 3. The maximum atomic E-state index is 13.4. The molecule has 170 valence electrons. The topological polar surface area (TPSA) is 123 Å². The van der Waals surface area contributed by atoms with Crippen molar-refractivity contribution >= 4 is 34.1 Å². The fourth-order valence-corrected chi connectivity index (χ4v) is 3.06. The van der Waals surface area contributed by atoms with Crippen molar-refractivity contribution in [3.63, 3.8) is 0 Å². The van der Waals surface area contributed by atoms with E-state index in [1.54, 1.807) is 13.0 Å². The molecule has 1 atom stereocenters. The second kappa shape index (κ2) is 10.3. The highest BCUT2D eigenvalue weighted by Crippen LogP contribution is 2.40. The quantitative estimate of drug-likeness (QED) is 0.168. The minimum atomic E-state index is -4.91. The number of aryl methyl sites for hydroxylation is 1. The van der Waals surface area contributed by atoms with Crippen LogP contribution in [0.25, 0.3) is 6.08 Å². The Labute approximate surface area is 181 Å². The van der Waals surface area contributed by atoms with Crippen molar-refractivity contribution in [3.05, 3.63) is 43.4 Å². The Kier molecular flexibility index (Phi) is 8.08. The first kappa shape index (κ1) is 24.2. The Bertz CT molecular complexity index is 888. The van der Waals surface area contributed by atoms with Gasteiger partial charge in [-0.3, -0.25) is 0 Å². The highest BCUT2D eigenvalue weighted by Gasteiger charge is 2.49. The third-order valence-electron chi connectivity index (χ3n) is 3.70. The van der Waals surface area contributed by atoms with Gasteiger partial charge in [0.25, 0.3) is 5.09 Å². The van der Waals surface area contributed by atoms with Crippen LogP contribution >= 0.6 is 15.9 Å². The molecular formula is C17H15BrF3NO9. The average molecular weight is 514 g/mol. The van der Waals surface area contributed by atoms with E-state index in [1.807, 2.05) is 0 Å². The monoisotopic (exact) mass is 513 g/mol. The third-order valence-corrected chi connectivity index (χ3v) is 4.16. The van der Waals surface area contributed by atoms with Gasteiger partial charge in [-0.2, -0.15) is 13.2 Å². The average Bonchev–Trinajstić information content (AvgIpc) is 2.65. The number of hydrogen-bond acceptors (Lipinski definition) is 9. The van der Waals surface area contributed by atoms with Gasteiger partial charge in [0.1, 0.15) is 5.75 Å². The third kappa shape index (κ3) is 7.01. The molecule has 0 bridgehead atoms. The van der Waals surface area contributed by atoms with E-state index in [1.165, 1.54) is 6.07 Å². The molecule has 0 N–H and O–H groups in total. The molecule has 0 saturated carbocycles. The van der Waals surface area contributed by atoms with Crippen LogP contribution in [0.3, 0.4) is 0 Å². The Morgan fingerprint density at radius 1 is 1.23 bits per heavy atom. The molecule has 1 aromatic rings. The van der Waals surface area contributed by atoms with Crippen LogP contribution in [0, 0.1) is 17.0 Å².